The molecular formula is C12H13BrClNO2S. The van der Waals surface area contributed by atoms with Crippen molar-refractivity contribution in [1.29, 1.82) is 0 Å². The summed E-state index contributed by atoms with van der Waals surface area (Å²) in [7, 11) is 1.43. The van der Waals surface area contributed by atoms with E-state index in [-0.39, 0.29) is 11.4 Å². The molecule has 1 heterocycles. The molecule has 1 fully saturated rings. The molecule has 0 aliphatic heterocycles. The van der Waals surface area contributed by atoms with Crippen LogP contribution in [-0.4, -0.2) is 23.8 Å². The molecule has 0 saturated heterocycles. The van der Waals surface area contributed by atoms with Crippen LogP contribution in [0.4, 0.5) is 0 Å². The summed E-state index contributed by atoms with van der Waals surface area (Å²) in [4.78, 5) is 15.6. The van der Waals surface area contributed by atoms with Gasteiger partial charge in [-0.15, -0.1) is 11.8 Å². The molecule has 2 rings (SSSR count). The molecule has 0 atom stereocenters. The highest BCUT2D eigenvalue weighted by molar-refractivity contribution is 9.10. The molecule has 3 nitrogen and oxygen atoms in total. The van der Waals surface area contributed by atoms with Crippen LogP contribution in [-0.2, 0) is 9.53 Å². The van der Waals surface area contributed by atoms with Crippen molar-refractivity contribution in [3.05, 3.63) is 21.8 Å². The second kappa shape index (κ2) is 5.80. The Morgan fingerprint density at radius 1 is 1.67 bits per heavy atom. The van der Waals surface area contributed by atoms with Crippen LogP contribution in [0.3, 0.4) is 0 Å². The number of rotatable bonds is 5. The average molecular weight is 351 g/mol. The average Bonchev–Trinajstić information content (AvgIpc) is 3.08. The van der Waals surface area contributed by atoms with Crippen LogP contribution in [0.5, 0.6) is 0 Å². The lowest BCUT2D eigenvalue weighted by molar-refractivity contribution is -0.141. The Kier molecular flexibility index (Phi) is 4.56. The van der Waals surface area contributed by atoms with Gasteiger partial charge in [0.05, 0.1) is 18.6 Å². The molecule has 0 amide bonds. The summed E-state index contributed by atoms with van der Waals surface area (Å²) in [5, 5.41) is 1.46. The molecule has 98 valence electrons. The van der Waals surface area contributed by atoms with E-state index < -0.39 is 0 Å². The number of thioether (sulfide) groups is 1. The number of nitrogens with zero attached hydrogens (tertiary/aromatic N) is 1. The van der Waals surface area contributed by atoms with Gasteiger partial charge in [-0.3, -0.25) is 4.79 Å². The number of esters is 1. The van der Waals surface area contributed by atoms with Crippen LogP contribution >= 0.6 is 39.3 Å². The van der Waals surface area contributed by atoms with Crippen molar-refractivity contribution in [1.82, 2.24) is 4.98 Å². The minimum absolute atomic E-state index is 0.0931. The van der Waals surface area contributed by atoms with Crippen LogP contribution in [0.1, 0.15) is 19.3 Å². The van der Waals surface area contributed by atoms with E-state index in [9.17, 15) is 4.79 Å². The second-order valence-corrected chi connectivity index (χ2v) is 6.77. The van der Waals surface area contributed by atoms with Gasteiger partial charge in [0.15, 0.2) is 0 Å². The molecule has 1 aliphatic carbocycles. The Morgan fingerprint density at radius 3 is 2.94 bits per heavy atom. The van der Waals surface area contributed by atoms with E-state index in [1.807, 2.05) is 6.07 Å². The van der Waals surface area contributed by atoms with Crippen LogP contribution in [0.25, 0.3) is 0 Å². The lowest BCUT2D eigenvalue weighted by atomic mass is 10.1. The molecular weight excluding hydrogens is 338 g/mol. The zero-order valence-electron chi connectivity index (χ0n) is 9.91. The van der Waals surface area contributed by atoms with Crippen LogP contribution in [0.2, 0.25) is 5.02 Å². The Labute approximate surface area is 124 Å². The van der Waals surface area contributed by atoms with Gasteiger partial charge in [0.25, 0.3) is 0 Å². The second-order valence-electron chi connectivity index (χ2n) is 4.48. The first kappa shape index (κ1) is 14.2. The molecule has 0 aromatic carbocycles. The van der Waals surface area contributed by atoms with E-state index >= 15 is 0 Å². The molecule has 18 heavy (non-hydrogen) atoms. The Balaban J connectivity index is 1.93. The number of methoxy groups -OCH3 is 1. The topological polar surface area (TPSA) is 39.2 Å². The minimum atomic E-state index is -0.136. The molecule has 0 N–H and O–H groups in total. The Bertz CT molecular complexity index is 465. The summed E-state index contributed by atoms with van der Waals surface area (Å²) in [5.74, 6) is 0.721. The first-order valence-electron chi connectivity index (χ1n) is 5.55. The molecule has 0 unspecified atom stereocenters. The zero-order valence-corrected chi connectivity index (χ0v) is 13.1. The summed E-state index contributed by atoms with van der Waals surface area (Å²) >= 11 is 11.0. The van der Waals surface area contributed by atoms with Gasteiger partial charge in [-0.25, -0.2) is 4.98 Å². The fraction of sp³-hybridized carbons (Fsp3) is 0.500. The van der Waals surface area contributed by atoms with Crippen molar-refractivity contribution < 1.29 is 9.53 Å². The highest BCUT2D eigenvalue weighted by Crippen LogP contribution is 2.52. The maximum absolute atomic E-state index is 11.3. The lowest BCUT2D eigenvalue weighted by Crippen LogP contribution is -2.13. The fourth-order valence-corrected chi connectivity index (χ4v) is 3.61. The van der Waals surface area contributed by atoms with Crippen molar-refractivity contribution in [2.75, 3.05) is 12.9 Å². The standard InChI is InChI=1S/C12H13BrClNO2S/c1-17-10(16)5-12(2-3-12)7-18-11-9(14)4-8(13)6-15-11/h4,6H,2-3,5,7H2,1H3. The monoisotopic (exact) mass is 349 g/mol. The fourth-order valence-electron chi connectivity index (χ4n) is 1.66. The summed E-state index contributed by atoms with van der Waals surface area (Å²) in [6.07, 6.45) is 4.37. The van der Waals surface area contributed by atoms with E-state index in [0.29, 0.717) is 11.4 Å². The van der Waals surface area contributed by atoms with E-state index in [2.05, 4.69) is 20.9 Å². The summed E-state index contributed by atoms with van der Waals surface area (Å²) in [6, 6.07) is 1.83. The molecule has 0 bridgehead atoms. The van der Waals surface area contributed by atoms with Crippen molar-refractivity contribution in [2.45, 2.75) is 24.3 Å². The van der Waals surface area contributed by atoms with Gasteiger partial charge in [-0.2, -0.15) is 0 Å². The molecule has 0 spiro atoms. The number of hydrogen-bond donors (Lipinski definition) is 0. The molecule has 1 aromatic rings. The Morgan fingerprint density at radius 2 is 2.39 bits per heavy atom. The van der Waals surface area contributed by atoms with E-state index in [4.69, 9.17) is 16.3 Å². The molecule has 6 heteroatoms. The van der Waals surface area contributed by atoms with E-state index in [1.165, 1.54) is 7.11 Å². The zero-order chi connectivity index (χ0) is 13.2. The third-order valence-electron chi connectivity index (χ3n) is 2.99. The number of aromatic nitrogens is 1. The normalized spacial score (nSPS) is 16.4. The first-order valence-corrected chi connectivity index (χ1v) is 7.71. The summed E-state index contributed by atoms with van der Waals surface area (Å²) < 4.78 is 5.59. The number of hydrogen-bond acceptors (Lipinski definition) is 4. The molecule has 0 radical (unpaired) electrons. The van der Waals surface area contributed by atoms with Gasteiger partial charge in [0, 0.05) is 16.4 Å². The van der Waals surface area contributed by atoms with Crippen molar-refractivity contribution in [3.63, 3.8) is 0 Å². The highest BCUT2D eigenvalue weighted by Gasteiger charge is 2.44. The SMILES string of the molecule is COC(=O)CC1(CSc2ncc(Br)cc2Cl)CC1. The predicted molar refractivity (Wildman–Crippen MR) is 76.0 cm³/mol. The van der Waals surface area contributed by atoms with Gasteiger partial charge in [0.1, 0.15) is 5.03 Å². The van der Waals surface area contributed by atoms with Crippen molar-refractivity contribution >= 4 is 45.3 Å². The number of carbonyl (C=O) groups is 1. The van der Waals surface area contributed by atoms with Gasteiger partial charge >= 0.3 is 5.97 Å². The number of pyridine rings is 1. The summed E-state index contributed by atoms with van der Waals surface area (Å²) in [6.45, 7) is 0. The predicted octanol–water partition coefficient (Wildman–Crippen LogP) is 3.93. The van der Waals surface area contributed by atoms with Crippen LogP contribution in [0, 0.1) is 5.41 Å². The maximum atomic E-state index is 11.3. The smallest absolute Gasteiger partial charge is 0.306 e. The quantitative estimate of drug-likeness (QED) is 0.596. The third-order valence-corrected chi connectivity index (χ3v) is 5.18. The number of carbonyl (C=O) groups excluding carboxylic acids is 1. The summed E-state index contributed by atoms with van der Waals surface area (Å²) in [5.41, 5.74) is 0.0931. The van der Waals surface area contributed by atoms with Crippen molar-refractivity contribution in [2.24, 2.45) is 5.41 Å². The number of ether oxygens (including phenoxy) is 1. The largest absolute Gasteiger partial charge is 0.469 e. The van der Waals surface area contributed by atoms with Crippen LogP contribution < -0.4 is 0 Å². The van der Waals surface area contributed by atoms with Gasteiger partial charge in [-0.1, -0.05) is 11.6 Å². The van der Waals surface area contributed by atoms with Gasteiger partial charge < -0.3 is 4.74 Å². The lowest BCUT2D eigenvalue weighted by Gasteiger charge is -2.13. The van der Waals surface area contributed by atoms with Gasteiger partial charge in [-0.05, 0) is 40.3 Å². The van der Waals surface area contributed by atoms with E-state index in [1.54, 1.807) is 18.0 Å². The highest BCUT2D eigenvalue weighted by atomic mass is 79.9. The minimum Gasteiger partial charge on any atom is -0.469 e. The van der Waals surface area contributed by atoms with Gasteiger partial charge in [0.2, 0.25) is 0 Å². The molecule has 1 saturated carbocycles. The number of halogens is 2. The first-order chi connectivity index (χ1) is 8.54. The molecule has 1 aromatic heterocycles. The van der Waals surface area contributed by atoms with Crippen molar-refractivity contribution in [3.8, 4) is 0 Å². The molecule has 1 aliphatic rings. The van der Waals surface area contributed by atoms with Crippen LogP contribution in [0.15, 0.2) is 21.8 Å². The Hall–Kier alpha value is -0.260. The maximum Gasteiger partial charge on any atom is 0.306 e. The third kappa shape index (κ3) is 3.62. The van der Waals surface area contributed by atoms with E-state index in [0.717, 1.165) is 28.1 Å².